The molecule has 0 aliphatic heterocycles. The second kappa shape index (κ2) is 6.45. The van der Waals surface area contributed by atoms with Crippen molar-refractivity contribution in [1.29, 1.82) is 0 Å². The van der Waals surface area contributed by atoms with E-state index in [9.17, 15) is 0 Å². The van der Waals surface area contributed by atoms with Gasteiger partial charge in [0.1, 0.15) is 11.3 Å². The lowest BCUT2D eigenvalue weighted by atomic mass is 10.3. The lowest BCUT2D eigenvalue weighted by Crippen LogP contribution is -2.01. The number of fused-ring (bicyclic) bond motifs is 1. The van der Waals surface area contributed by atoms with Gasteiger partial charge in [0.05, 0.1) is 11.9 Å². The number of nitrogens with zero attached hydrogens (tertiary/aromatic N) is 6. The molecule has 24 heavy (non-hydrogen) atoms. The highest BCUT2D eigenvalue weighted by Crippen LogP contribution is 2.25. The van der Waals surface area contributed by atoms with Crippen molar-refractivity contribution < 1.29 is 0 Å². The average molecular weight is 336 g/mol. The molecular weight excluding hydrogens is 320 g/mol. The Morgan fingerprint density at radius 2 is 1.96 bits per heavy atom. The smallest absolute Gasteiger partial charge is 0.191 e. The number of hydrogen-bond acceptors (Lipinski definition) is 5. The molecule has 4 rings (SSSR count). The van der Waals surface area contributed by atoms with Crippen molar-refractivity contribution in [1.82, 2.24) is 29.1 Å². The summed E-state index contributed by atoms with van der Waals surface area (Å²) >= 11 is 1.66. The third-order valence-corrected chi connectivity index (χ3v) is 4.77. The highest BCUT2D eigenvalue weighted by molar-refractivity contribution is 7.98. The van der Waals surface area contributed by atoms with Gasteiger partial charge < -0.3 is 8.97 Å². The zero-order valence-electron chi connectivity index (χ0n) is 13.2. The number of aromatic nitrogens is 6. The number of pyridine rings is 2. The molecule has 0 atom stereocenters. The van der Waals surface area contributed by atoms with Crippen molar-refractivity contribution in [3.8, 4) is 11.5 Å². The lowest BCUT2D eigenvalue weighted by molar-refractivity contribution is 0.686. The Kier molecular flexibility index (Phi) is 4.00. The molecule has 0 N–H and O–H groups in total. The van der Waals surface area contributed by atoms with Crippen LogP contribution < -0.4 is 0 Å². The molecule has 4 aromatic heterocycles. The van der Waals surface area contributed by atoms with Gasteiger partial charge in [-0.1, -0.05) is 23.9 Å². The highest BCUT2D eigenvalue weighted by Gasteiger charge is 2.14. The zero-order chi connectivity index (χ0) is 16.4. The molecule has 4 aromatic rings. The average Bonchev–Trinajstić information content (AvgIpc) is 3.24. The van der Waals surface area contributed by atoms with E-state index in [1.807, 2.05) is 48.8 Å². The molecule has 0 aliphatic rings. The largest absolute Gasteiger partial charge is 0.303 e. The van der Waals surface area contributed by atoms with E-state index in [0.717, 1.165) is 40.3 Å². The van der Waals surface area contributed by atoms with Crippen molar-refractivity contribution >= 4 is 17.4 Å². The molecule has 0 spiro atoms. The highest BCUT2D eigenvalue weighted by atomic mass is 32.2. The Balaban J connectivity index is 1.60. The van der Waals surface area contributed by atoms with Gasteiger partial charge in [0.15, 0.2) is 11.0 Å². The fraction of sp³-hybridized carbons (Fsp3) is 0.176. The number of thioether (sulfide) groups is 1. The van der Waals surface area contributed by atoms with Crippen LogP contribution in [0.2, 0.25) is 0 Å². The van der Waals surface area contributed by atoms with Crippen molar-refractivity contribution in [2.24, 2.45) is 0 Å². The van der Waals surface area contributed by atoms with Crippen LogP contribution in [0, 0.1) is 0 Å². The third kappa shape index (κ3) is 2.67. The van der Waals surface area contributed by atoms with E-state index in [4.69, 9.17) is 0 Å². The van der Waals surface area contributed by atoms with Crippen molar-refractivity contribution in [2.75, 3.05) is 0 Å². The van der Waals surface area contributed by atoms with Gasteiger partial charge in [-0.05, 0) is 31.2 Å². The quantitative estimate of drug-likeness (QED) is 0.523. The second-order valence-electron chi connectivity index (χ2n) is 5.23. The summed E-state index contributed by atoms with van der Waals surface area (Å²) < 4.78 is 4.19. The molecule has 0 bridgehead atoms. The second-order valence-corrected chi connectivity index (χ2v) is 6.17. The first-order valence-corrected chi connectivity index (χ1v) is 8.73. The Morgan fingerprint density at radius 3 is 2.79 bits per heavy atom. The van der Waals surface area contributed by atoms with Crippen LogP contribution in [0.3, 0.4) is 0 Å². The summed E-state index contributed by atoms with van der Waals surface area (Å²) in [6, 6.07) is 11.8. The summed E-state index contributed by atoms with van der Waals surface area (Å²) in [5, 5.41) is 9.57. The minimum absolute atomic E-state index is 0.783. The standard InChI is InChI=1S/C17H16N6S/c1-2-22-16(14-7-3-5-9-18-14)20-21-17(22)24-12-13-11-19-15-8-4-6-10-23(13)15/h3-11H,2,12H2,1H3. The maximum atomic E-state index is 4.42. The normalized spacial score (nSPS) is 11.2. The maximum absolute atomic E-state index is 4.42. The lowest BCUT2D eigenvalue weighted by Gasteiger charge is -2.06. The summed E-state index contributed by atoms with van der Waals surface area (Å²) in [5.41, 5.74) is 2.94. The predicted molar refractivity (Wildman–Crippen MR) is 93.7 cm³/mol. The zero-order valence-corrected chi connectivity index (χ0v) is 14.0. The summed E-state index contributed by atoms with van der Waals surface area (Å²) in [6.45, 7) is 2.89. The molecule has 7 heteroatoms. The van der Waals surface area contributed by atoms with Crippen LogP contribution >= 0.6 is 11.8 Å². The minimum atomic E-state index is 0.783. The summed E-state index contributed by atoms with van der Waals surface area (Å²) in [6.07, 6.45) is 5.71. The van der Waals surface area contributed by atoms with Gasteiger partial charge in [0, 0.05) is 24.7 Å². The van der Waals surface area contributed by atoms with Gasteiger partial charge in [0.2, 0.25) is 0 Å². The van der Waals surface area contributed by atoms with E-state index in [2.05, 4.69) is 36.1 Å². The maximum Gasteiger partial charge on any atom is 0.191 e. The van der Waals surface area contributed by atoms with E-state index in [1.54, 1.807) is 18.0 Å². The molecule has 120 valence electrons. The Bertz CT molecular complexity index is 960. The first kappa shape index (κ1) is 14.9. The Hall–Kier alpha value is -2.67. The molecule has 0 radical (unpaired) electrons. The Morgan fingerprint density at radius 1 is 1.04 bits per heavy atom. The molecule has 0 aromatic carbocycles. The van der Waals surface area contributed by atoms with Crippen LogP contribution in [0.25, 0.3) is 17.2 Å². The number of rotatable bonds is 5. The summed E-state index contributed by atoms with van der Waals surface area (Å²) in [7, 11) is 0. The predicted octanol–water partition coefficient (Wildman–Crippen LogP) is 3.30. The van der Waals surface area contributed by atoms with Crippen LogP contribution in [-0.2, 0) is 12.3 Å². The van der Waals surface area contributed by atoms with Crippen LogP contribution in [0.1, 0.15) is 12.6 Å². The molecule has 0 aliphatic carbocycles. The number of imidazole rings is 1. The number of hydrogen-bond donors (Lipinski definition) is 0. The van der Waals surface area contributed by atoms with E-state index < -0.39 is 0 Å². The van der Waals surface area contributed by atoms with Crippen LogP contribution in [-0.4, -0.2) is 29.1 Å². The van der Waals surface area contributed by atoms with Crippen molar-refractivity contribution in [3.63, 3.8) is 0 Å². The van der Waals surface area contributed by atoms with E-state index >= 15 is 0 Å². The molecule has 0 amide bonds. The van der Waals surface area contributed by atoms with Gasteiger partial charge in [-0.25, -0.2) is 4.98 Å². The molecule has 0 unspecified atom stereocenters. The minimum Gasteiger partial charge on any atom is -0.303 e. The molecule has 0 saturated heterocycles. The van der Waals surface area contributed by atoms with E-state index in [0.29, 0.717) is 0 Å². The first-order chi connectivity index (χ1) is 11.9. The van der Waals surface area contributed by atoms with Crippen LogP contribution in [0.15, 0.2) is 60.1 Å². The van der Waals surface area contributed by atoms with Gasteiger partial charge in [-0.3, -0.25) is 4.98 Å². The third-order valence-electron chi connectivity index (χ3n) is 3.77. The summed E-state index contributed by atoms with van der Waals surface area (Å²) in [4.78, 5) is 8.80. The molecule has 0 fully saturated rings. The fourth-order valence-electron chi connectivity index (χ4n) is 2.60. The van der Waals surface area contributed by atoms with Crippen molar-refractivity contribution in [2.45, 2.75) is 24.4 Å². The van der Waals surface area contributed by atoms with Gasteiger partial charge in [-0.2, -0.15) is 0 Å². The molecule has 4 heterocycles. The van der Waals surface area contributed by atoms with Gasteiger partial charge in [0.25, 0.3) is 0 Å². The SMILES string of the molecule is CCn1c(SCc2cnc3ccccn23)nnc1-c1ccccn1. The molecule has 6 nitrogen and oxygen atoms in total. The van der Waals surface area contributed by atoms with E-state index in [1.165, 1.54) is 0 Å². The topological polar surface area (TPSA) is 60.9 Å². The molecular formula is C17H16N6S. The van der Waals surface area contributed by atoms with Crippen molar-refractivity contribution in [3.05, 3.63) is 60.7 Å². The Labute approximate surface area is 143 Å². The fourth-order valence-corrected chi connectivity index (χ4v) is 3.56. The summed E-state index contributed by atoms with van der Waals surface area (Å²) in [5.74, 6) is 1.59. The van der Waals surface area contributed by atoms with Gasteiger partial charge in [-0.15, -0.1) is 10.2 Å². The van der Waals surface area contributed by atoms with Crippen LogP contribution in [0.5, 0.6) is 0 Å². The van der Waals surface area contributed by atoms with Gasteiger partial charge >= 0.3 is 0 Å². The molecule has 0 saturated carbocycles. The first-order valence-electron chi connectivity index (χ1n) is 7.75. The van der Waals surface area contributed by atoms with E-state index in [-0.39, 0.29) is 0 Å². The van der Waals surface area contributed by atoms with Crippen LogP contribution in [0.4, 0.5) is 0 Å². The monoisotopic (exact) mass is 336 g/mol.